The van der Waals surface area contributed by atoms with Crippen molar-refractivity contribution < 1.29 is 18.7 Å². The zero-order valence-corrected chi connectivity index (χ0v) is 17.9. The third kappa shape index (κ3) is 4.19. The summed E-state index contributed by atoms with van der Waals surface area (Å²) in [6.45, 7) is 0. The molecule has 0 saturated heterocycles. The van der Waals surface area contributed by atoms with E-state index in [4.69, 9.17) is 13.9 Å². The summed E-state index contributed by atoms with van der Waals surface area (Å²) in [7, 11) is 1.61. The number of aromatic nitrogens is 1. The third-order valence-corrected chi connectivity index (χ3v) is 5.54. The number of anilines is 1. The van der Waals surface area contributed by atoms with Crippen LogP contribution in [0.2, 0.25) is 0 Å². The summed E-state index contributed by atoms with van der Waals surface area (Å²) in [6.07, 6.45) is 0. The summed E-state index contributed by atoms with van der Waals surface area (Å²) in [4.78, 5) is 17.2. The molecular formula is C25H18N2O4S. The van der Waals surface area contributed by atoms with Gasteiger partial charge in [0.1, 0.15) is 28.5 Å². The van der Waals surface area contributed by atoms with Crippen LogP contribution in [0.25, 0.3) is 22.4 Å². The highest BCUT2D eigenvalue weighted by atomic mass is 32.1. The van der Waals surface area contributed by atoms with Gasteiger partial charge in [-0.05, 0) is 48.5 Å². The number of rotatable bonds is 6. The quantitative estimate of drug-likeness (QED) is 0.320. The molecule has 1 amide bonds. The van der Waals surface area contributed by atoms with Crippen molar-refractivity contribution in [3.05, 3.63) is 89.8 Å². The normalized spacial score (nSPS) is 10.8. The van der Waals surface area contributed by atoms with Crippen LogP contribution in [0.4, 0.5) is 5.13 Å². The maximum absolute atomic E-state index is 12.7. The van der Waals surface area contributed by atoms with E-state index in [1.807, 2.05) is 66.0 Å². The molecule has 5 rings (SSSR count). The van der Waals surface area contributed by atoms with Crippen molar-refractivity contribution in [2.45, 2.75) is 0 Å². The van der Waals surface area contributed by atoms with Crippen LogP contribution in [0.5, 0.6) is 17.2 Å². The van der Waals surface area contributed by atoms with Crippen LogP contribution in [0.1, 0.15) is 10.4 Å². The molecule has 2 aromatic heterocycles. The van der Waals surface area contributed by atoms with Gasteiger partial charge in [0.25, 0.3) is 5.91 Å². The van der Waals surface area contributed by atoms with Gasteiger partial charge in [0.05, 0.1) is 7.11 Å². The Kier molecular flexibility index (Phi) is 5.31. The minimum absolute atomic E-state index is 0.265. The van der Waals surface area contributed by atoms with E-state index in [1.165, 1.54) is 11.3 Å². The van der Waals surface area contributed by atoms with Crippen molar-refractivity contribution in [2.24, 2.45) is 0 Å². The molecule has 7 heteroatoms. The summed E-state index contributed by atoms with van der Waals surface area (Å²) < 4.78 is 17.0. The van der Waals surface area contributed by atoms with Crippen LogP contribution in [0.15, 0.2) is 88.7 Å². The van der Waals surface area contributed by atoms with Crippen molar-refractivity contribution in [3.8, 4) is 28.7 Å². The SMILES string of the molecule is COc1ccc2cc(-c3csc(NC(=O)c4cccc(Oc5ccccc5)c4)n3)oc2c1. The van der Waals surface area contributed by atoms with E-state index in [-0.39, 0.29) is 5.91 Å². The smallest absolute Gasteiger partial charge is 0.257 e. The van der Waals surface area contributed by atoms with E-state index >= 15 is 0 Å². The Morgan fingerprint density at radius 3 is 2.62 bits per heavy atom. The minimum atomic E-state index is -0.265. The number of carbonyl (C=O) groups is 1. The second kappa shape index (κ2) is 8.56. The first-order valence-corrected chi connectivity index (χ1v) is 10.7. The number of nitrogens with one attached hydrogen (secondary N) is 1. The van der Waals surface area contributed by atoms with Crippen LogP contribution in [-0.4, -0.2) is 18.0 Å². The fraction of sp³-hybridized carbons (Fsp3) is 0.0400. The van der Waals surface area contributed by atoms with Gasteiger partial charge in [0.2, 0.25) is 0 Å². The van der Waals surface area contributed by atoms with Crippen LogP contribution in [0.3, 0.4) is 0 Å². The van der Waals surface area contributed by atoms with Crippen LogP contribution in [-0.2, 0) is 0 Å². The Morgan fingerprint density at radius 2 is 1.78 bits per heavy atom. The van der Waals surface area contributed by atoms with Crippen molar-refractivity contribution in [2.75, 3.05) is 12.4 Å². The number of furan rings is 1. The number of para-hydroxylation sites is 1. The lowest BCUT2D eigenvalue weighted by Gasteiger charge is -2.07. The van der Waals surface area contributed by atoms with E-state index in [0.717, 1.165) is 11.1 Å². The topological polar surface area (TPSA) is 73.6 Å². The molecule has 5 aromatic rings. The van der Waals surface area contributed by atoms with Gasteiger partial charge in [0, 0.05) is 22.4 Å². The average Bonchev–Trinajstić information content (AvgIpc) is 3.46. The molecule has 0 spiro atoms. The van der Waals surface area contributed by atoms with Gasteiger partial charge in [-0.1, -0.05) is 24.3 Å². The molecule has 0 aliphatic heterocycles. The molecule has 158 valence electrons. The summed E-state index contributed by atoms with van der Waals surface area (Å²) in [6, 6.07) is 24.0. The lowest BCUT2D eigenvalue weighted by molar-refractivity contribution is 0.102. The molecule has 1 N–H and O–H groups in total. The van der Waals surface area contributed by atoms with Crippen molar-refractivity contribution in [3.63, 3.8) is 0 Å². The number of hydrogen-bond acceptors (Lipinski definition) is 6. The fourth-order valence-corrected chi connectivity index (χ4v) is 3.90. The third-order valence-electron chi connectivity index (χ3n) is 4.78. The molecule has 2 heterocycles. The van der Waals surface area contributed by atoms with Crippen molar-refractivity contribution in [1.29, 1.82) is 0 Å². The fourth-order valence-electron chi connectivity index (χ4n) is 3.20. The lowest BCUT2D eigenvalue weighted by atomic mass is 10.2. The Hall–Kier alpha value is -4.10. The van der Waals surface area contributed by atoms with Crippen molar-refractivity contribution >= 4 is 33.3 Å². The van der Waals surface area contributed by atoms with E-state index in [9.17, 15) is 4.79 Å². The summed E-state index contributed by atoms with van der Waals surface area (Å²) >= 11 is 1.33. The first kappa shape index (κ1) is 19.8. The van der Waals surface area contributed by atoms with E-state index in [2.05, 4.69) is 10.3 Å². The van der Waals surface area contributed by atoms with Crippen molar-refractivity contribution in [1.82, 2.24) is 4.98 Å². The van der Waals surface area contributed by atoms with Gasteiger partial charge in [-0.3, -0.25) is 10.1 Å². The largest absolute Gasteiger partial charge is 0.497 e. The highest BCUT2D eigenvalue weighted by Crippen LogP contribution is 2.32. The summed E-state index contributed by atoms with van der Waals surface area (Å²) in [5, 5.41) is 6.13. The predicted octanol–water partition coefficient (Wildman–Crippen LogP) is 6.61. The maximum Gasteiger partial charge on any atom is 0.257 e. The predicted molar refractivity (Wildman–Crippen MR) is 125 cm³/mol. The number of ether oxygens (including phenoxy) is 2. The summed E-state index contributed by atoms with van der Waals surface area (Å²) in [5.41, 5.74) is 1.85. The number of carbonyl (C=O) groups excluding carboxylic acids is 1. The van der Waals surface area contributed by atoms with Crippen LogP contribution >= 0.6 is 11.3 Å². The zero-order valence-electron chi connectivity index (χ0n) is 17.1. The Labute approximate surface area is 188 Å². The highest BCUT2D eigenvalue weighted by molar-refractivity contribution is 7.14. The first-order chi connectivity index (χ1) is 15.7. The number of thiazole rings is 1. The average molecular weight is 442 g/mol. The molecule has 6 nitrogen and oxygen atoms in total. The van der Waals surface area contributed by atoms with E-state index in [0.29, 0.717) is 39.2 Å². The zero-order chi connectivity index (χ0) is 21.9. The van der Waals surface area contributed by atoms with Crippen LogP contribution < -0.4 is 14.8 Å². The minimum Gasteiger partial charge on any atom is -0.497 e. The Morgan fingerprint density at radius 1 is 0.938 bits per heavy atom. The highest BCUT2D eigenvalue weighted by Gasteiger charge is 2.14. The number of fused-ring (bicyclic) bond motifs is 1. The molecular weight excluding hydrogens is 424 g/mol. The van der Waals surface area contributed by atoms with Gasteiger partial charge in [-0.2, -0.15) is 0 Å². The molecule has 0 fully saturated rings. The standard InChI is InChI=1S/C25H18N2O4S/c1-29-19-11-10-16-13-23(31-22(16)14-19)21-15-32-25(26-21)27-24(28)17-6-5-9-20(12-17)30-18-7-3-2-4-8-18/h2-15H,1H3,(H,26,27,28). The molecule has 0 bridgehead atoms. The molecule has 0 aliphatic carbocycles. The molecule has 32 heavy (non-hydrogen) atoms. The second-order valence-electron chi connectivity index (χ2n) is 6.95. The lowest BCUT2D eigenvalue weighted by Crippen LogP contribution is -2.11. The van der Waals surface area contributed by atoms with Gasteiger partial charge in [0.15, 0.2) is 10.9 Å². The van der Waals surface area contributed by atoms with E-state index in [1.54, 1.807) is 25.3 Å². The summed E-state index contributed by atoms with van der Waals surface area (Å²) in [5.74, 6) is 2.38. The van der Waals surface area contributed by atoms with E-state index < -0.39 is 0 Å². The molecule has 0 atom stereocenters. The Balaban J connectivity index is 1.31. The number of benzene rings is 3. The number of nitrogens with zero attached hydrogens (tertiary/aromatic N) is 1. The monoisotopic (exact) mass is 442 g/mol. The number of hydrogen-bond donors (Lipinski definition) is 1. The number of methoxy groups -OCH3 is 1. The molecule has 0 radical (unpaired) electrons. The maximum atomic E-state index is 12.7. The van der Waals surface area contributed by atoms with Crippen LogP contribution in [0, 0.1) is 0 Å². The molecule has 0 aliphatic rings. The first-order valence-electron chi connectivity index (χ1n) is 9.86. The second-order valence-corrected chi connectivity index (χ2v) is 7.81. The molecule has 3 aromatic carbocycles. The molecule has 0 saturated carbocycles. The number of amides is 1. The molecule has 0 unspecified atom stereocenters. The van der Waals surface area contributed by atoms with Gasteiger partial charge in [-0.15, -0.1) is 11.3 Å². The Bertz CT molecular complexity index is 1390. The van der Waals surface area contributed by atoms with Gasteiger partial charge >= 0.3 is 0 Å². The van der Waals surface area contributed by atoms with Gasteiger partial charge < -0.3 is 13.9 Å². The van der Waals surface area contributed by atoms with Gasteiger partial charge in [-0.25, -0.2) is 4.98 Å².